The van der Waals surface area contributed by atoms with Gasteiger partial charge in [-0.3, -0.25) is 0 Å². The summed E-state index contributed by atoms with van der Waals surface area (Å²) in [6, 6.07) is 9.87. The molecule has 9 heavy (non-hydrogen) atoms. The molecule has 43 valence electrons. The van der Waals surface area contributed by atoms with E-state index in [0.717, 1.165) is 5.56 Å². The first-order valence-corrected chi connectivity index (χ1v) is 2.26. The van der Waals surface area contributed by atoms with Gasteiger partial charge in [0.15, 0.2) is 0 Å². The third kappa shape index (κ3) is 5.41. The number of benzene rings is 1. The number of hydrogen-bond donors (Lipinski definition) is 0. The van der Waals surface area contributed by atoms with E-state index in [1.54, 1.807) is 0 Å². The van der Waals surface area contributed by atoms with Crippen molar-refractivity contribution in [3.63, 3.8) is 0 Å². The van der Waals surface area contributed by atoms with Gasteiger partial charge in [-0.1, -0.05) is 30.3 Å². The minimum absolute atomic E-state index is 0. The van der Waals surface area contributed by atoms with Crippen LogP contribution in [0.25, 0.3) is 0 Å². The van der Waals surface area contributed by atoms with E-state index in [0.29, 0.717) is 0 Å². The van der Waals surface area contributed by atoms with Crippen LogP contribution in [0, 0.1) is 6.92 Å². The Hall–Kier alpha value is 0.960. The molecule has 0 aliphatic rings. The smallest absolute Gasteiger partial charge is 0 e. The Morgan fingerprint density at radius 3 is 1.56 bits per heavy atom. The van der Waals surface area contributed by atoms with Crippen molar-refractivity contribution in [3.05, 3.63) is 42.8 Å². The second-order valence-electron chi connectivity index (χ2n) is 1.49. The van der Waals surface area contributed by atoms with Crippen molar-refractivity contribution in [2.45, 2.75) is 0 Å². The van der Waals surface area contributed by atoms with Gasteiger partial charge in [0, 0.05) is 51.7 Å². The molecule has 1 aromatic rings. The van der Waals surface area contributed by atoms with Crippen molar-refractivity contribution < 1.29 is 51.7 Å². The van der Waals surface area contributed by atoms with Crippen molar-refractivity contribution in [3.8, 4) is 0 Å². The fourth-order valence-corrected chi connectivity index (χ4v) is 0.478. The molecule has 0 aliphatic heterocycles. The molecule has 0 saturated heterocycles. The molecule has 0 aliphatic carbocycles. The largest absolute Gasteiger partial charge is 0.0622 e. The van der Waals surface area contributed by atoms with Crippen LogP contribution in [0.2, 0.25) is 0 Å². The summed E-state index contributed by atoms with van der Waals surface area (Å²) in [5, 5.41) is 0. The van der Waals surface area contributed by atoms with Crippen LogP contribution < -0.4 is 0 Å². The molecule has 1 radical (unpaired) electrons. The van der Waals surface area contributed by atoms with Gasteiger partial charge in [0.1, 0.15) is 0 Å². The topological polar surface area (TPSA) is 0 Å². The second-order valence-corrected chi connectivity index (χ2v) is 1.49. The molecule has 0 heterocycles. The Labute approximate surface area is 93.6 Å². The predicted molar refractivity (Wildman–Crippen MR) is 30.9 cm³/mol. The van der Waals surface area contributed by atoms with Crippen LogP contribution in [0.5, 0.6) is 0 Å². The van der Waals surface area contributed by atoms with E-state index >= 15 is 0 Å². The van der Waals surface area contributed by atoms with Gasteiger partial charge < -0.3 is 0 Å². The summed E-state index contributed by atoms with van der Waals surface area (Å²) in [5.74, 6) is 0. The summed E-state index contributed by atoms with van der Waals surface area (Å²) in [7, 11) is 0. The molecule has 0 saturated carbocycles. The zero-order chi connectivity index (χ0) is 5.11. The van der Waals surface area contributed by atoms with Gasteiger partial charge in [0.25, 0.3) is 0 Å². The van der Waals surface area contributed by atoms with E-state index < -0.39 is 0 Å². The molecular formula is C7H7Hf2. The van der Waals surface area contributed by atoms with Crippen molar-refractivity contribution >= 4 is 0 Å². The summed E-state index contributed by atoms with van der Waals surface area (Å²) in [6.07, 6.45) is 0. The van der Waals surface area contributed by atoms with Crippen LogP contribution in [-0.2, 0) is 51.7 Å². The average Bonchev–Trinajstić information content (AvgIpc) is 1.69. The predicted octanol–water partition coefficient (Wildman–Crippen LogP) is 1.86. The quantitative estimate of drug-likeness (QED) is 0.532. The Balaban J connectivity index is 0. The van der Waals surface area contributed by atoms with Gasteiger partial charge in [-0.15, -0.1) is 0 Å². The fourth-order valence-electron chi connectivity index (χ4n) is 0.478. The van der Waals surface area contributed by atoms with Gasteiger partial charge in [-0.25, -0.2) is 0 Å². The maximum Gasteiger partial charge on any atom is 0 e. The normalized spacial score (nSPS) is 6.78. The van der Waals surface area contributed by atoms with E-state index in [9.17, 15) is 0 Å². The third-order valence-electron chi connectivity index (χ3n) is 0.843. The van der Waals surface area contributed by atoms with Crippen molar-refractivity contribution in [2.24, 2.45) is 0 Å². The Kier molecular flexibility index (Phi) is 9.92. The van der Waals surface area contributed by atoms with E-state index in [2.05, 4.69) is 6.92 Å². The Bertz CT molecular complexity index is 137. The summed E-state index contributed by atoms with van der Waals surface area (Å²) < 4.78 is 0. The first-order valence-electron chi connectivity index (χ1n) is 2.26. The van der Waals surface area contributed by atoms with Gasteiger partial charge >= 0.3 is 0 Å². The maximum absolute atomic E-state index is 3.72. The molecule has 0 N–H and O–H groups in total. The molecule has 0 amide bonds. The summed E-state index contributed by atoms with van der Waals surface area (Å²) in [4.78, 5) is 0. The van der Waals surface area contributed by atoms with E-state index in [1.807, 2.05) is 30.3 Å². The Morgan fingerprint density at radius 2 is 1.33 bits per heavy atom. The zero-order valence-corrected chi connectivity index (χ0v) is 12.3. The molecule has 2 heteroatoms. The molecular weight excluding hydrogens is 441 g/mol. The third-order valence-corrected chi connectivity index (χ3v) is 0.843. The minimum atomic E-state index is 0. The van der Waals surface area contributed by atoms with Gasteiger partial charge in [-0.05, 0) is 12.5 Å². The van der Waals surface area contributed by atoms with Gasteiger partial charge in [-0.2, -0.15) is 0 Å². The average molecular weight is 448 g/mol. The molecule has 0 nitrogen and oxygen atoms in total. The molecule has 0 unspecified atom stereocenters. The first-order chi connectivity index (χ1) is 3.39. The molecule has 0 spiro atoms. The molecule has 0 bridgehead atoms. The molecule has 1 rings (SSSR count). The summed E-state index contributed by atoms with van der Waals surface area (Å²) in [6.45, 7) is 3.72. The zero-order valence-electron chi connectivity index (χ0n) is 5.09. The van der Waals surface area contributed by atoms with E-state index in [1.165, 1.54) is 0 Å². The molecule has 0 aromatic heterocycles. The van der Waals surface area contributed by atoms with Crippen molar-refractivity contribution in [2.75, 3.05) is 0 Å². The monoisotopic (exact) mass is 451 g/mol. The second kappa shape index (κ2) is 7.07. The van der Waals surface area contributed by atoms with Gasteiger partial charge in [0.05, 0.1) is 0 Å². The molecule has 0 atom stereocenters. The van der Waals surface area contributed by atoms with E-state index in [4.69, 9.17) is 0 Å². The first kappa shape index (κ1) is 12.6. The van der Waals surface area contributed by atoms with Crippen LogP contribution in [0.3, 0.4) is 0 Å². The van der Waals surface area contributed by atoms with Crippen LogP contribution in [0.1, 0.15) is 5.56 Å². The molecule has 0 fully saturated rings. The molecule has 1 aromatic carbocycles. The van der Waals surface area contributed by atoms with Crippen molar-refractivity contribution in [1.82, 2.24) is 0 Å². The standard InChI is InChI=1S/C7H7.2Hf/c1-7-5-3-2-4-6-7;;/h2-6H,1H2;;. The van der Waals surface area contributed by atoms with Crippen LogP contribution >= 0.6 is 0 Å². The summed E-state index contributed by atoms with van der Waals surface area (Å²) >= 11 is 0. The summed E-state index contributed by atoms with van der Waals surface area (Å²) in [5.41, 5.74) is 1.07. The maximum atomic E-state index is 3.72. The minimum Gasteiger partial charge on any atom is -0.0622 e. The number of rotatable bonds is 0. The van der Waals surface area contributed by atoms with Crippen LogP contribution in [-0.4, -0.2) is 0 Å². The fraction of sp³-hybridized carbons (Fsp3) is 0. The number of hydrogen-bond acceptors (Lipinski definition) is 0. The van der Waals surface area contributed by atoms with Crippen LogP contribution in [0.4, 0.5) is 0 Å². The SMILES string of the molecule is [CH2]c1ccccc1.[Hf].[Hf]. The van der Waals surface area contributed by atoms with Gasteiger partial charge in [0.2, 0.25) is 0 Å². The van der Waals surface area contributed by atoms with Crippen LogP contribution in [0.15, 0.2) is 30.3 Å². The van der Waals surface area contributed by atoms with Crippen molar-refractivity contribution in [1.29, 1.82) is 0 Å². The van der Waals surface area contributed by atoms with E-state index in [-0.39, 0.29) is 51.7 Å². The Morgan fingerprint density at radius 1 is 0.889 bits per heavy atom.